The first-order chi connectivity index (χ1) is 13.9. The van der Waals surface area contributed by atoms with Crippen molar-refractivity contribution in [1.29, 1.82) is 0 Å². The Bertz CT molecular complexity index is 1230. The molecule has 0 spiro atoms. The zero-order valence-corrected chi connectivity index (χ0v) is 17.3. The smallest absolute Gasteiger partial charge is 0.256 e. The van der Waals surface area contributed by atoms with E-state index in [0.717, 1.165) is 44.5 Å². The maximum absolute atomic E-state index is 13.3. The molecule has 1 N–H and O–H groups in total. The predicted molar refractivity (Wildman–Crippen MR) is 121 cm³/mol. The van der Waals surface area contributed by atoms with Crippen molar-refractivity contribution in [2.75, 3.05) is 5.32 Å². The van der Waals surface area contributed by atoms with Crippen LogP contribution in [0.4, 0.5) is 5.69 Å². The van der Waals surface area contributed by atoms with Crippen molar-refractivity contribution >= 4 is 34.1 Å². The second-order valence-electron chi connectivity index (χ2n) is 7.26. The van der Waals surface area contributed by atoms with Gasteiger partial charge < -0.3 is 5.32 Å². The van der Waals surface area contributed by atoms with E-state index < -0.39 is 0 Å². The van der Waals surface area contributed by atoms with Gasteiger partial charge in [0.05, 0.1) is 16.8 Å². The quantitative estimate of drug-likeness (QED) is 0.414. The zero-order valence-electron chi connectivity index (χ0n) is 16.6. The molecule has 4 rings (SSSR count). The molecule has 0 atom stereocenters. The van der Waals surface area contributed by atoms with Gasteiger partial charge in [0, 0.05) is 21.7 Å². The lowest BCUT2D eigenvalue weighted by molar-refractivity contribution is 0.102. The number of amides is 1. The largest absolute Gasteiger partial charge is 0.322 e. The predicted octanol–water partition coefficient (Wildman–Crippen LogP) is 6.73. The van der Waals surface area contributed by atoms with Gasteiger partial charge in [0.2, 0.25) is 0 Å². The number of hydrogen-bond donors (Lipinski definition) is 1. The van der Waals surface area contributed by atoms with Crippen LogP contribution in [0.25, 0.3) is 22.2 Å². The molecule has 0 aliphatic heterocycles. The first kappa shape index (κ1) is 19.2. The van der Waals surface area contributed by atoms with Crippen LogP contribution in [0.15, 0.2) is 66.7 Å². The van der Waals surface area contributed by atoms with Crippen LogP contribution >= 0.6 is 11.6 Å². The molecule has 1 amide bonds. The molecule has 1 aromatic heterocycles. The SMILES string of the molecule is Cc1ccc(NC(=O)c2cc(-c3ccccc3)nc3c(C)c(Cl)ccc23)c(C)c1. The molecular formula is C25H21ClN2O. The molecule has 0 saturated heterocycles. The zero-order chi connectivity index (χ0) is 20.5. The molecule has 4 heteroatoms. The van der Waals surface area contributed by atoms with E-state index in [0.29, 0.717) is 10.6 Å². The molecule has 0 unspecified atom stereocenters. The summed E-state index contributed by atoms with van der Waals surface area (Å²) >= 11 is 6.34. The number of benzene rings is 3. The van der Waals surface area contributed by atoms with Crippen molar-refractivity contribution in [1.82, 2.24) is 4.98 Å². The lowest BCUT2D eigenvalue weighted by Gasteiger charge is -2.14. The summed E-state index contributed by atoms with van der Waals surface area (Å²) in [5, 5.41) is 4.48. The maximum atomic E-state index is 13.3. The third kappa shape index (κ3) is 3.74. The first-order valence-corrected chi connectivity index (χ1v) is 9.86. The average molecular weight is 401 g/mol. The molecule has 3 aromatic carbocycles. The van der Waals surface area contributed by atoms with E-state index in [1.165, 1.54) is 0 Å². The second kappa shape index (κ2) is 7.69. The van der Waals surface area contributed by atoms with Crippen LogP contribution < -0.4 is 5.32 Å². The minimum atomic E-state index is -0.164. The highest BCUT2D eigenvalue weighted by atomic mass is 35.5. The molecular weight excluding hydrogens is 380 g/mol. The van der Waals surface area contributed by atoms with E-state index in [4.69, 9.17) is 16.6 Å². The fourth-order valence-electron chi connectivity index (χ4n) is 3.49. The first-order valence-electron chi connectivity index (χ1n) is 9.48. The van der Waals surface area contributed by atoms with Gasteiger partial charge in [0.15, 0.2) is 0 Å². The summed E-state index contributed by atoms with van der Waals surface area (Å²) in [6.45, 7) is 5.96. The molecule has 0 radical (unpaired) electrons. The topological polar surface area (TPSA) is 42.0 Å². The lowest BCUT2D eigenvalue weighted by atomic mass is 10.0. The summed E-state index contributed by atoms with van der Waals surface area (Å²) < 4.78 is 0. The molecule has 0 saturated carbocycles. The van der Waals surface area contributed by atoms with Gasteiger partial charge >= 0.3 is 0 Å². The Balaban J connectivity index is 1.88. The average Bonchev–Trinajstić information content (AvgIpc) is 2.72. The molecule has 0 aliphatic rings. The number of nitrogens with zero attached hydrogens (tertiary/aromatic N) is 1. The van der Waals surface area contributed by atoms with Crippen LogP contribution in [0, 0.1) is 20.8 Å². The van der Waals surface area contributed by atoms with Crippen LogP contribution in [0.2, 0.25) is 5.02 Å². The fraction of sp³-hybridized carbons (Fsp3) is 0.120. The maximum Gasteiger partial charge on any atom is 0.256 e. The Morgan fingerprint density at radius 2 is 1.69 bits per heavy atom. The monoisotopic (exact) mass is 400 g/mol. The van der Waals surface area contributed by atoms with Gasteiger partial charge in [-0.15, -0.1) is 0 Å². The summed E-state index contributed by atoms with van der Waals surface area (Å²) in [6, 6.07) is 21.4. The highest BCUT2D eigenvalue weighted by Crippen LogP contribution is 2.31. The molecule has 3 nitrogen and oxygen atoms in total. The van der Waals surface area contributed by atoms with E-state index in [1.807, 2.05) is 81.4 Å². The summed E-state index contributed by atoms with van der Waals surface area (Å²) in [5.74, 6) is -0.164. The van der Waals surface area contributed by atoms with Gasteiger partial charge in [-0.3, -0.25) is 4.79 Å². The van der Waals surface area contributed by atoms with Crippen LogP contribution in [0.1, 0.15) is 27.0 Å². The van der Waals surface area contributed by atoms with Crippen LogP contribution in [-0.2, 0) is 0 Å². The summed E-state index contributed by atoms with van der Waals surface area (Å²) in [4.78, 5) is 18.1. The molecule has 1 heterocycles. The molecule has 29 heavy (non-hydrogen) atoms. The number of fused-ring (bicyclic) bond motifs is 1. The Morgan fingerprint density at radius 3 is 2.41 bits per heavy atom. The number of carbonyl (C=O) groups excluding carboxylic acids is 1. The van der Waals surface area contributed by atoms with Crippen molar-refractivity contribution < 1.29 is 4.79 Å². The molecule has 144 valence electrons. The van der Waals surface area contributed by atoms with E-state index in [2.05, 4.69) is 11.4 Å². The Hall–Kier alpha value is -3.17. The molecule has 0 aliphatic carbocycles. The van der Waals surface area contributed by atoms with E-state index >= 15 is 0 Å². The van der Waals surface area contributed by atoms with Crippen molar-refractivity contribution in [3.8, 4) is 11.3 Å². The highest BCUT2D eigenvalue weighted by molar-refractivity contribution is 6.32. The number of aryl methyl sites for hydroxylation is 3. The normalized spacial score (nSPS) is 10.9. The third-order valence-corrected chi connectivity index (χ3v) is 5.52. The summed E-state index contributed by atoms with van der Waals surface area (Å²) in [6.07, 6.45) is 0. The summed E-state index contributed by atoms with van der Waals surface area (Å²) in [5.41, 5.74) is 6.87. The van der Waals surface area contributed by atoms with Crippen LogP contribution in [0.5, 0.6) is 0 Å². The number of pyridine rings is 1. The minimum Gasteiger partial charge on any atom is -0.322 e. The summed E-state index contributed by atoms with van der Waals surface area (Å²) in [7, 11) is 0. The van der Waals surface area contributed by atoms with Crippen LogP contribution in [-0.4, -0.2) is 10.9 Å². The Kier molecular flexibility index (Phi) is 5.08. The number of hydrogen-bond acceptors (Lipinski definition) is 2. The number of aromatic nitrogens is 1. The van der Waals surface area contributed by atoms with E-state index in [-0.39, 0.29) is 5.91 Å². The van der Waals surface area contributed by atoms with Crippen LogP contribution in [0.3, 0.4) is 0 Å². The molecule has 0 bridgehead atoms. The molecule has 4 aromatic rings. The number of nitrogens with one attached hydrogen (secondary N) is 1. The number of rotatable bonds is 3. The standard InChI is InChI=1S/C25H21ClN2O/c1-15-9-12-22(16(2)13-15)28-25(29)20-14-23(18-7-5-4-6-8-18)27-24-17(3)21(26)11-10-19(20)24/h4-14H,1-3H3,(H,28,29). The van der Waals surface area contributed by atoms with E-state index in [1.54, 1.807) is 0 Å². The number of anilines is 1. The van der Waals surface area contributed by atoms with Crippen molar-refractivity contribution in [3.05, 3.63) is 94.0 Å². The van der Waals surface area contributed by atoms with Crippen molar-refractivity contribution in [2.45, 2.75) is 20.8 Å². The van der Waals surface area contributed by atoms with E-state index in [9.17, 15) is 4.79 Å². The van der Waals surface area contributed by atoms with Gasteiger partial charge in [0.1, 0.15) is 0 Å². The highest BCUT2D eigenvalue weighted by Gasteiger charge is 2.17. The van der Waals surface area contributed by atoms with Gasteiger partial charge in [-0.1, -0.05) is 65.7 Å². The molecule has 0 fully saturated rings. The second-order valence-corrected chi connectivity index (χ2v) is 7.67. The Morgan fingerprint density at radius 1 is 0.931 bits per heavy atom. The minimum absolute atomic E-state index is 0.164. The fourth-order valence-corrected chi connectivity index (χ4v) is 3.64. The van der Waals surface area contributed by atoms with Gasteiger partial charge in [0.25, 0.3) is 5.91 Å². The third-order valence-electron chi connectivity index (χ3n) is 5.11. The Labute approximate surface area is 175 Å². The lowest BCUT2D eigenvalue weighted by Crippen LogP contribution is -2.14. The van der Waals surface area contributed by atoms with Crippen molar-refractivity contribution in [2.24, 2.45) is 0 Å². The van der Waals surface area contributed by atoms with Crippen molar-refractivity contribution in [3.63, 3.8) is 0 Å². The van der Waals surface area contributed by atoms with Gasteiger partial charge in [-0.05, 0) is 50.1 Å². The van der Waals surface area contributed by atoms with Gasteiger partial charge in [-0.25, -0.2) is 4.98 Å². The number of carbonyl (C=O) groups is 1. The number of halogens is 1. The van der Waals surface area contributed by atoms with Gasteiger partial charge in [-0.2, -0.15) is 0 Å².